The number of amides is 1. The van der Waals surface area contributed by atoms with E-state index in [0.29, 0.717) is 23.2 Å². The molecule has 21 heavy (non-hydrogen) atoms. The van der Waals surface area contributed by atoms with Gasteiger partial charge in [-0.3, -0.25) is 15.0 Å². The predicted molar refractivity (Wildman–Crippen MR) is 81.5 cm³/mol. The van der Waals surface area contributed by atoms with Gasteiger partial charge in [-0.2, -0.15) is 0 Å². The van der Waals surface area contributed by atoms with Crippen molar-refractivity contribution in [3.8, 4) is 0 Å². The molecule has 118 valence electrons. The number of carbonyl (C=O) groups excluding carboxylic acids is 1. The largest absolute Gasteiger partial charge is 0.481 e. The SMILES string of the molecule is CC(C)CCC(CCC(=O)O)(C(=O)NN)c1csc(N)n1. The van der Waals surface area contributed by atoms with Crippen LogP contribution in [0.2, 0.25) is 0 Å². The summed E-state index contributed by atoms with van der Waals surface area (Å²) in [7, 11) is 0. The molecule has 1 rings (SSSR count). The molecule has 0 bridgehead atoms. The Bertz CT molecular complexity index is 503. The first-order chi connectivity index (χ1) is 9.81. The molecule has 0 saturated heterocycles. The third-order valence-corrected chi connectivity index (χ3v) is 4.17. The standard InChI is InChI=1S/C13H22N4O3S/c1-8(2)3-5-13(11(20)17-15,6-4-10(18)19)9-7-21-12(14)16-9/h7-8H,3-6,15H2,1-2H3,(H2,14,16)(H,17,20)(H,18,19). The molecule has 6 N–H and O–H groups in total. The van der Waals surface area contributed by atoms with E-state index in [1.165, 1.54) is 11.3 Å². The molecule has 0 saturated carbocycles. The highest BCUT2D eigenvalue weighted by Gasteiger charge is 2.42. The molecular weight excluding hydrogens is 292 g/mol. The van der Waals surface area contributed by atoms with Crippen LogP contribution in [0.4, 0.5) is 5.13 Å². The Morgan fingerprint density at radius 1 is 1.48 bits per heavy atom. The van der Waals surface area contributed by atoms with Gasteiger partial charge in [-0.25, -0.2) is 10.8 Å². The number of nitrogens with two attached hydrogens (primary N) is 2. The molecule has 8 heteroatoms. The summed E-state index contributed by atoms with van der Waals surface area (Å²) in [6, 6.07) is 0. The zero-order valence-corrected chi connectivity index (χ0v) is 13.1. The van der Waals surface area contributed by atoms with Crippen molar-refractivity contribution in [1.82, 2.24) is 10.4 Å². The molecule has 0 aliphatic carbocycles. The predicted octanol–water partition coefficient (Wildman–Crippen LogP) is 1.25. The van der Waals surface area contributed by atoms with Crippen molar-refractivity contribution in [2.45, 2.75) is 44.9 Å². The minimum Gasteiger partial charge on any atom is -0.481 e. The van der Waals surface area contributed by atoms with Crippen molar-refractivity contribution in [3.63, 3.8) is 0 Å². The fraction of sp³-hybridized carbons (Fsp3) is 0.615. The van der Waals surface area contributed by atoms with Crippen LogP contribution >= 0.6 is 11.3 Å². The number of carboxylic acids is 1. The fourth-order valence-corrected chi connectivity index (χ4v) is 2.89. The Hall–Kier alpha value is -1.67. The smallest absolute Gasteiger partial charge is 0.303 e. The van der Waals surface area contributed by atoms with Crippen LogP contribution in [0.1, 0.15) is 45.2 Å². The molecule has 0 aliphatic heterocycles. The van der Waals surface area contributed by atoms with E-state index >= 15 is 0 Å². The number of aromatic nitrogens is 1. The van der Waals surface area contributed by atoms with E-state index in [-0.39, 0.29) is 12.8 Å². The first-order valence-electron chi connectivity index (χ1n) is 6.76. The molecule has 1 unspecified atom stereocenters. The lowest BCUT2D eigenvalue weighted by Gasteiger charge is -2.30. The van der Waals surface area contributed by atoms with Gasteiger partial charge in [0.25, 0.3) is 0 Å². The molecule has 0 fully saturated rings. The molecular formula is C13H22N4O3S. The normalized spacial score (nSPS) is 13.9. The monoisotopic (exact) mass is 314 g/mol. The molecule has 7 nitrogen and oxygen atoms in total. The number of carbonyl (C=O) groups is 2. The number of anilines is 1. The van der Waals surface area contributed by atoms with Gasteiger partial charge in [-0.1, -0.05) is 13.8 Å². The lowest BCUT2D eigenvalue weighted by atomic mass is 9.74. The van der Waals surface area contributed by atoms with Gasteiger partial charge in [0.15, 0.2) is 5.13 Å². The van der Waals surface area contributed by atoms with E-state index in [1.807, 2.05) is 13.8 Å². The highest BCUT2D eigenvalue weighted by molar-refractivity contribution is 7.13. The van der Waals surface area contributed by atoms with Crippen LogP contribution in [-0.4, -0.2) is 22.0 Å². The lowest BCUT2D eigenvalue weighted by molar-refractivity contribution is -0.138. The van der Waals surface area contributed by atoms with E-state index in [4.69, 9.17) is 16.7 Å². The Labute approximate surface area is 127 Å². The summed E-state index contributed by atoms with van der Waals surface area (Å²) < 4.78 is 0. The van der Waals surface area contributed by atoms with Crippen LogP contribution in [0.15, 0.2) is 5.38 Å². The number of thiazole rings is 1. The third kappa shape index (κ3) is 4.40. The van der Waals surface area contributed by atoms with Crippen molar-refractivity contribution in [1.29, 1.82) is 0 Å². The molecule has 0 spiro atoms. The first kappa shape index (κ1) is 17.4. The van der Waals surface area contributed by atoms with Gasteiger partial charge in [-0.05, 0) is 25.2 Å². The molecule has 1 heterocycles. The van der Waals surface area contributed by atoms with Crippen LogP contribution in [0.5, 0.6) is 0 Å². The summed E-state index contributed by atoms with van der Waals surface area (Å²) >= 11 is 1.23. The number of aliphatic carboxylic acids is 1. The van der Waals surface area contributed by atoms with Crippen LogP contribution in [0, 0.1) is 5.92 Å². The van der Waals surface area contributed by atoms with Crippen molar-refractivity contribution in [3.05, 3.63) is 11.1 Å². The zero-order chi connectivity index (χ0) is 16.0. The van der Waals surface area contributed by atoms with Gasteiger partial charge < -0.3 is 10.8 Å². The van der Waals surface area contributed by atoms with Crippen molar-refractivity contribution < 1.29 is 14.7 Å². The third-order valence-electron chi connectivity index (χ3n) is 3.49. The maximum Gasteiger partial charge on any atom is 0.303 e. The van der Waals surface area contributed by atoms with E-state index < -0.39 is 17.3 Å². The Morgan fingerprint density at radius 3 is 2.57 bits per heavy atom. The fourth-order valence-electron chi connectivity index (χ4n) is 2.23. The highest BCUT2D eigenvalue weighted by atomic mass is 32.1. The topological polar surface area (TPSA) is 131 Å². The Kier molecular flexibility index (Phi) is 6.10. The van der Waals surface area contributed by atoms with Gasteiger partial charge in [0.05, 0.1) is 11.1 Å². The molecule has 0 aromatic carbocycles. The number of nitrogen functional groups attached to an aromatic ring is 1. The lowest BCUT2D eigenvalue weighted by Crippen LogP contribution is -2.48. The van der Waals surface area contributed by atoms with E-state index in [2.05, 4.69) is 10.4 Å². The van der Waals surface area contributed by atoms with Crippen molar-refractivity contribution in [2.75, 3.05) is 5.73 Å². The van der Waals surface area contributed by atoms with Gasteiger partial charge in [-0.15, -0.1) is 11.3 Å². The summed E-state index contributed by atoms with van der Waals surface area (Å²) in [6.45, 7) is 4.08. The molecule has 1 aromatic rings. The van der Waals surface area contributed by atoms with Gasteiger partial charge in [0.2, 0.25) is 5.91 Å². The summed E-state index contributed by atoms with van der Waals surface area (Å²) in [4.78, 5) is 27.5. The highest BCUT2D eigenvalue weighted by Crippen LogP contribution is 2.37. The van der Waals surface area contributed by atoms with Gasteiger partial charge >= 0.3 is 5.97 Å². The second kappa shape index (κ2) is 7.37. The van der Waals surface area contributed by atoms with Crippen molar-refractivity contribution in [2.24, 2.45) is 11.8 Å². The second-order valence-electron chi connectivity index (χ2n) is 5.45. The van der Waals surface area contributed by atoms with Crippen LogP contribution in [0.3, 0.4) is 0 Å². The zero-order valence-electron chi connectivity index (χ0n) is 12.3. The van der Waals surface area contributed by atoms with Gasteiger partial charge in [0, 0.05) is 11.8 Å². The number of hydrogen-bond acceptors (Lipinski definition) is 6. The average molecular weight is 314 g/mol. The van der Waals surface area contributed by atoms with E-state index in [9.17, 15) is 9.59 Å². The average Bonchev–Trinajstić information content (AvgIpc) is 2.85. The molecule has 1 atom stereocenters. The second-order valence-corrected chi connectivity index (χ2v) is 6.34. The first-order valence-corrected chi connectivity index (χ1v) is 7.64. The molecule has 0 radical (unpaired) electrons. The maximum atomic E-state index is 12.4. The van der Waals surface area contributed by atoms with E-state index in [0.717, 1.165) is 6.42 Å². The summed E-state index contributed by atoms with van der Waals surface area (Å²) in [5.41, 5.74) is 7.26. The molecule has 0 aliphatic rings. The van der Waals surface area contributed by atoms with Crippen LogP contribution in [-0.2, 0) is 15.0 Å². The Morgan fingerprint density at radius 2 is 2.14 bits per heavy atom. The number of nitrogens with one attached hydrogen (secondary N) is 1. The quantitative estimate of drug-likeness (QED) is 0.324. The minimum atomic E-state index is -1.05. The summed E-state index contributed by atoms with van der Waals surface area (Å²) in [5.74, 6) is 4.30. The maximum absolute atomic E-state index is 12.4. The number of hydrogen-bond donors (Lipinski definition) is 4. The number of carboxylic acid groups (broad SMARTS) is 1. The molecule has 1 amide bonds. The van der Waals surface area contributed by atoms with Crippen LogP contribution < -0.4 is 17.0 Å². The van der Waals surface area contributed by atoms with Gasteiger partial charge in [0.1, 0.15) is 0 Å². The summed E-state index contributed by atoms with van der Waals surface area (Å²) in [6.07, 6.45) is 1.23. The number of rotatable bonds is 8. The number of nitrogens with zero attached hydrogens (tertiary/aromatic N) is 1. The molecule has 1 aromatic heterocycles. The van der Waals surface area contributed by atoms with Crippen molar-refractivity contribution >= 4 is 28.3 Å². The number of hydrazine groups is 1. The Balaban J connectivity index is 3.18. The summed E-state index contributed by atoms with van der Waals surface area (Å²) in [5, 5.41) is 11.0. The van der Waals surface area contributed by atoms with Crippen LogP contribution in [0.25, 0.3) is 0 Å². The van der Waals surface area contributed by atoms with E-state index in [1.54, 1.807) is 5.38 Å². The minimum absolute atomic E-state index is 0.136.